The van der Waals surface area contributed by atoms with Gasteiger partial charge in [-0.05, 0) is 43.5 Å². The van der Waals surface area contributed by atoms with Crippen LogP contribution in [0.3, 0.4) is 0 Å². The van der Waals surface area contributed by atoms with Gasteiger partial charge in [0.1, 0.15) is 0 Å². The molecule has 23 heavy (non-hydrogen) atoms. The van der Waals surface area contributed by atoms with E-state index in [1.807, 2.05) is 44.6 Å². The second-order valence-electron chi connectivity index (χ2n) is 4.06. The normalized spacial score (nSPS) is 9.22. The zero-order valence-electron chi connectivity index (χ0n) is 14.6. The molecule has 1 aromatic heterocycles. The Bertz CT molecular complexity index is 576. The molecule has 0 atom stereocenters. The fraction of sp³-hybridized carbons (Fsp3) is 0.438. The number of rotatable bonds is 5. The maximum Gasteiger partial charge on any atom is 0.178 e. The average molecular weight is 343 g/mol. The van der Waals surface area contributed by atoms with E-state index < -0.39 is 0 Å². The molecule has 2 rings (SSSR count). The number of aliphatic hydroxyl groups excluding tert-OH is 1. The van der Waals surface area contributed by atoms with Gasteiger partial charge < -0.3 is 14.6 Å². The summed E-state index contributed by atoms with van der Waals surface area (Å²) in [6.45, 7) is 8.68. The molecule has 0 fully saturated rings. The molecule has 1 aromatic carbocycles. The predicted molar refractivity (Wildman–Crippen MR) is 94.6 cm³/mol. The quantitative estimate of drug-likeness (QED) is 0.800. The summed E-state index contributed by atoms with van der Waals surface area (Å²) in [7, 11) is 2.46. The van der Waals surface area contributed by atoms with E-state index in [9.17, 15) is 4.39 Å². The van der Waals surface area contributed by atoms with Crippen molar-refractivity contribution in [3.8, 4) is 5.75 Å². The minimum Gasteiger partial charge on any atom is -0.492 e. The molecule has 2 N–H and O–H groups in total. The van der Waals surface area contributed by atoms with E-state index in [0.29, 0.717) is 5.69 Å². The Morgan fingerprint density at radius 3 is 2.52 bits per heavy atom. The molecule has 0 saturated carbocycles. The van der Waals surface area contributed by atoms with Crippen LogP contribution in [-0.4, -0.2) is 29.1 Å². The van der Waals surface area contributed by atoms with Crippen LogP contribution in [0.5, 0.6) is 5.75 Å². The monoisotopic (exact) mass is 343 g/mol. The van der Waals surface area contributed by atoms with Gasteiger partial charge in [0.2, 0.25) is 0 Å². The summed E-state index contributed by atoms with van der Waals surface area (Å²) in [6.07, 6.45) is 3.69. The summed E-state index contributed by atoms with van der Waals surface area (Å²) in [4.78, 5) is 0.964. The fourth-order valence-electron chi connectivity index (χ4n) is 1.70. The number of methoxy groups -OCH3 is 1. The number of nitrogens with zero attached hydrogens (tertiary/aromatic N) is 2. The number of halogens is 1. The number of aromatic nitrogens is 2. The molecular formula is C16H26FN3O2S. The molecule has 5 nitrogen and oxygen atoms in total. The highest BCUT2D eigenvalue weighted by Crippen LogP contribution is 2.32. The number of aryl methyl sites for hydroxylation is 2. The SMILES string of the molecule is CC.CCn1cc(SNc2cc(C)cc(F)c2OC)cn1.CO. The number of hydrogen-bond acceptors (Lipinski definition) is 5. The number of nitrogens with one attached hydrogen (secondary N) is 1. The van der Waals surface area contributed by atoms with Crippen LogP contribution in [0.15, 0.2) is 29.4 Å². The number of benzene rings is 1. The standard InChI is InChI=1S/C13H16FN3OS.C2H6.CH4O/c1-4-17-8-10(7-15-17)19-16-12-6-9(2)5-11(14)13(12)18-3;2*1-2/h5-8,16H,4H2,1-3H3;1-2H3;2H,1H3. The topological polar surface area (TPSA) is 59.3 Å². The van der Waals surface area contributed by atoms with Crippen molar-refractivity contribution in [3.63, 3.8) is 0 Å². The van der Waals surface area contributed by atoms with Gasteiger partial charge in [0.25, 0.3) is 0 Å². The van der Waals surface area contributed by atoms with Crippen LogP contribution in [0, 0.1) is 12.7 Å². The summed E-state index contributed by atoms with van der Waals surface area (Å²) >= 11 is 1.38. The molecule has 0 aliphatic carbocycles. The lowest BCUT2D eigenvalue weighted by molar-refractivity contribution is 0.388. The van der Waals surface area contributed by atoms with Gasteiger partial charge in [-0.15, -0.1) is 0 Å². The number of hydrogen-bond donors (Lipinski definition) is 2. The minimum absolute atomic E-state index is 0.223. The molecule has 130 valence electrons. The largest absolute Gasteiger partial charge is 0.492 e. The lowest BCUT2D eigenvalue weighted by atomic mass is 10.2. The number of anilines is 1. The van der Waals surface area contributed by atoms with Crippen molar-refractivity contribution in [3.05, 3.63) is 35.9 Å². The van der Waals surface area contributed by atoms with Gasteiger partial charge in [0, 0.05) is 19.9 Å². The van der Waals surface area contributed by atoms with Crippen molar-refractivity contribution < 1.29 is 14.2 Å². The lowest BCUT2D eigenvalue weighted by Crippen LogP contribution is -1.96. The molecule has 0 saturated heterocycles. The summed E-state index contributed by atoms with van der Waals surface area (Å²) in [5.41, 5.74) is 1.46. The van der Waals surface area contributed by atoms with E-state index in [4.69, 9.17) is 9.84 Å². The van der Waals surface area contributed by atoms with Gasteiger partial charge in [0.05, 0.1) is 23.9 Å². The van der Waals surface area contributed by atoms with Crippen LogP contribution in [0.25, 0.3) is 0 Å². The van der Waals surface area contributed by atoms with Gasteiger partial charge in [-0.2, -0.15) is 5.10 Å². The second-order valence-corrected chi connectivity index (χ2v) is 4.94. The summed E-state index contributed by atoms with van der Waals surface area (Å²) in [6, 6.07) is 3.29. The Labute approximate surface area is 142 Å². The molecule has 1 heterocycles. The van der Waals surface area contributed by atoms with Crippen LogP contribution < -0.4 is 9.46 Å². The second kappa shape index (κ2) is 11.8. The first-order chi connectivity index (χ1) is 11.1. The summed E-state index contributed by atoms with van der Waals surface area (Å²) in [5, 5.41) is 11.2. The molecule has 0 bridgehead atoms. The van der Waals surface area contributed by atoms with E-state index in [2.05, 4.69) is 9.82 Å². The molecule has 0 amide bonds. The highest BCUT2D eigenvalue weighted by Gasteiger charge is 2.11. The van der Waals surface area contributed by atoms with Crippen LogP contribution >= 0.6 is 11.9 Å². The molecule has 0 aliphatic heterocycles. The van der Waals surface area contributed by atoms with E-state index in [1.54, 1.807) is 6.20 Å². The van der Waals surface area contributed by atoms with E-state index in [1.165, 1.54) is 25.1 Å². The lowest BCUT2D eigenvalue weighted by Gasteiger charge is -2.11. The zero-order valence-corrected chi connectivity index (χ0v) is 15.4. The fourth-order valence-corrected chi connectivity index (χ4v) is 2.35. The van der Waals surface area contributed by atoms with Crippen molar-refractivity contribution in [2.24, 2.45) is 0 Å². The van der Waals surface area contributed by atoms with Gasteiger partial charge >= 0.3 is 0 Å². The molecule has 0 radical (unpaired) electrons. The Kier molecular flexibility index (Phi) is 10.9. The first-order valence-corrected chi connectivity index (χ1v) is 8.20. The van der Waals surface area contributed by atoms with Gasteiger partial charge in [-0.1, -0.05) is 13.8 Å². The van der Waals surface area contributed by atoms with Gasteiger partial charge in [0.15, 0.2) is 11.6 Å². The van der Waals surface area contributed by atoms with Gasteiger partial charge in [-0.3, -0.25) is 4.68 Å². The van der Waals surface area contributed by atoms with Crippen molar-refractivity contribution in [1.29, 1.82) is 0 Å². The van der Waals surface area contributed by atoms with Crippen LogP contribution in [0.1, 0.15) is 26.3 Å². The molecule has 0 spiro atoms. The highest BCUT2D eigenvalue weighted by molar-refractivity contribution is 8.00. The Hall–Kier alpha value is -1.73. The van der Waals surface area contributed by atoms with Crippen LogP contribution in [0.2, 0.25) is 0 Å². The third kappa shape index (κ3) is 6.50. The summed E-state index contributed by atoms with van der Waals surface area (Å²) in [5.74, 6) is -0.143. The van der Waals surface area contributed by atoms with Crippen molar-refractivity contribution in [1.82, 2.24) is 9.78 Å². The van der Waals surface area contributed by atoms with Gasteiger partial charge in [-0.25, -0.2) is 4.39 Å². The van der Waals surface area contributed by atoms with Crippen molar-refractivity contribution in [2.75, 3.05) is 18.9 Å². The highest BCUT2D eigenvalue weighted by atomic mass is 32.2. The van der Waals surface area contributed by atoms with E-state index in [0.717, 1.165) is 24.1 Å². The average Bonchev–Trinajstić information content (AvgIpc) is 3.04. The van der Waals surface area contributed by atoms with Crippen LogP contribution in [-0.2, 0) is 6.54 Å². The molecule has 2 aromatic rings. The smallest absolute Gasteiger partial charge is 0.178 e. The van der Waals surface area contributed by atoms with Crippen molar-refractivity contribution >= 4 is 17.6 Å². The zero-order chi connectivity index (χ0) is 17.8. The van der Waals surface area contributed by atoms with E-state index >= 15 is 0 Å². The Morgan fingerprint density at radius 2 is 2.00 bits per heavy atom. The summed E-state index contributed by atoms with van der Waals surface area (Å²) < 4.78 is 23.7. The molecule has 0 aliphatic rings. The van der Waals surface area contributed by atoms with E-state index in [-0.39, 0.29) is 11.6 Å². The first-order valence-electron chi connectivity index (χ1n) is 7.38. The Balaban J connectivity index is 0.00000112. The Morgan fingerprint density at radius 1 is 1.35 bits per heavy atom. The molecule has 7 heteroatoms. The van der Waals surface area contributed by atoms with Crippen molar-refractivity contribution in [2.45, 2.75) is 39.1 Å². The van der Waals surface area contributed by atoms with Crippen LogP contribution in [0.4, 0.5) is 10.1 Å². The third-order valence-electron chi connectivity index (χ3n) is 2.60. The number of aliphatic hydroxyl groups is 1. The maximum atomic E-state index is 13.7. The maximum absolute atomic E-state index is 13.7. The third-order valence-corrected chi connectivity index (χ3v) is 3.37. The minimum atomic E-state index is -0.366. The predicted octanol–water partition coefficient (Wildman–Crippen LogP) is 4.11. The molecule has 0 unspecified atom stereocenters. The first kappa shape index (κ1) is 21.3. The molecular weight excluding hydrogens is 317 g/mol. The number of ether oxygens (including phenoxy) is 1.